The van der Waals surface area contributed by atoms with Crippen LogP contribution in [0.2, 0.25) is 0 Å². The first-order valence-electron chi connectivity index (χ1n) is 6.49. The molecule has 0 N–H and O–H groups in total. The lowest BCUT2D eigenvalue weighted by molar-refractivity contribution is -0.141. The molecule has 7 nitrogen and oxygen atoms in total. The summed E-state index contributed by atoms with van der Waals surface area (Å²) in [6.45, 7) is 2.23. The maximum atomic E-state index is 11.6. The molecule has 0 amide bonds. The van der Waals surface area contributed by atoms with Gasteiger partial charge in [-0.15, -0.1) is 0 Å². The topological polar surface area (TPSA) is 81.6 Å². The Morgan fingerprint density at radius 3 is 2.80 bits per heavy atom. The number of esters is 2. The summed E-state index contributed by atoms with van der Waals surface area (Å²) in [6.07, 6.45) is 3.48. The third kappa shape index (κ3) is 3.43. The van der Waals surface area contributed by atoms with Gasteiger partial charge < -0.3 is 14.4 Å². The van der Waals surface area contributed by atoms with E-state index in [0.717, 1.165) is 12.8 Å². The van der Waals surface area contributed by atoms with Crippen LogP contribution in [0, 0.1) is 0 Å². The van der Waals surface area contributed by atoms with E-state index in [1.165, 1.54) is 13.3 Å². The summed E-state index contributed by atoms with van der Waals surface area (Å²) in [6, 6.07) is 1.93. The Balaban J connectivity index is 2.17. The van der Waals surface area contributed by atoms with Crippen LogP contribution in [0.1, 0.15) is 30.4 Å². The Hall–Kier alpha value is -2.18. The number of nitrogens with zero attached hydrogens (tertiary/aromatic N) is 3. The second-order valence-corrected chi connectivity index (χ2v) is 4.39. The van der Waals surface area contributed by atoms with E-state index < -0.39 is 5.97 Å². The number of hydrogen-bond acceptors (Lipinski definition) is 7. The zero-order valence-corrected chi connectivity index (χ0v) is 11.5. The summed E-state index contributed by atoms with van der Waals surface area (Å²) < 4.78 is 9.55. The van der Waals surface area contributed by atoms with E-state index in [9.17, 15) is 9.59 Å². The Morgan fingerprint density at radius 1 is 1.45 bits per heavy atom. The third-order valence-corrected chi connectivity index (χ3v) is 2.90. The highest BCUT2D eigenvalue weighted by atomic mass is 16.5. The molecule has 0 bridgehead atoms. The van der Waals surface area contributed by atoms with E-state index in [1.54, 1.807) is 13.0 Å². The lowest BCUT2D eigenvalue weighted by Crippen LogP contribution is -2.34. The number of hydrogen-bond donors (Lipinski definition) is 0. The first-order valence-corrected chi connectivity index (χ1v) is 6.49. The van der Waals surface area contributed by atoms with Crippen molar-refractivity contribution in [3.8, 4) is 0 Å². The van der Waals surface area contributed by atoms with E-state index in [4.69, 9.17) is 4.74 Å². The fourth-order valence-electron chi connectivity index (χ4n) is 1.83. The van der Waals surface area contributed by atoms with Gasteiger partial charge in [0.1, 0.15) is 12.4 Å². The van der Waals surface area contributed by atoms with E-state index >= 15 is 0 Å². The Bertz CT molecular complexity index is 502. The predicted octanol–water partition coefficient (Wildman–Crippen LogP) is 0.795. The van der Waals surface area contributed by atoms with Gasteiger partial charge in [0.15, 0.2) is 0 Å². The van der Waals surface area contributed by atoms with Gasteiger partial charge in [-0.05, 0) is 25.8 Å². The number of rotatable bonds is 6. The van der Waals surface area contributed by atoms with Crippen LogP contribution in [0.4, 0.5) is 5.82 Å². The molecule has 1 fully saturated rings. The van der Waals surface area contributed by atoms with Crippen molar-refractivity contribution >= 4 is 17.8 Å². The molecule has 1 saturated carbocycles. The normalized spacial score (nSPS) is 13.7. The third-order valence-electron chi connectivity index (χ3n) is 2.90. The zero-order chi connectivity index (χ0) is 14.5. The second kappa shape index (κ2) is 6.31. The van der Waals surface area contributed by atoms with Gasteiger partial charge in [-0.25, -0.2) is 14.8 Å². The molecule has 0 atom stereocenters. The number of anilines is 1. The molecule has 0 unspecified atom stereocenters. The lowest BCUT2D eigenvalue weighted by Gasteiger charge is -2.22. The van der Waals surface area contributed by atoms with Gasteiger partial charge in [0.2, 0.25) is 5.82 Å². The first kappa shape index (κ1) is 14.2. The molecular formula is C13H17N3O4. The van der Waals surface area contributed by atoms with Crippen molar-refractivity contribution in [1.82, 2.24) is 9.97 Å². The van der Waals surface area contributed by atoms with E-state index in [-0.39, 0.29) is 24.4 Å². The SMILES string of the molecule is CCOC(=O)CN(c1ccnc(C(=O)OC)n1)C1CC1. The standard InChI is InChI=1S/C13H17N3O4/c1-3-20-11(17)8-16(9-4-5-9)10-6-7-14-12(15-10)13(18)19-2/h6-7,9H,3-5,8H2,1-2H3. The smallest absolute Gasteiger partial charge is 0.376 e. The van der Waals surface area contributed by atoms with Crippen LogP contribution >= 0.6 is 0 Å². The quantitative estimate of drug-likeness (QED) is 0.712. The molecule has 108 valence electrons. The maximum Gasteiger partial charge on any atom is 0.376 e. The number of aromatic nitrogens is 2. The van der Waals surface area contributed by atoms with Crippen molar-refractivity contribution in [2.45, 2.75) is 25.8 Å². The molecule has 0 radical (unpaired) electrons. The van der Waals surface area contributed by atoms with Gasteiger partial charge in [0.05, 0.1) is 13.7 Å². The minimum absolute atomic E-state index is 0.0143. The zero-order valence-electron chi connectivity index (χ0n) is 11.5. The minimum atomic E-state index is -0.598. The Morgan fingerprint density at radius 2 is 2.20 bits per heavy atom. The molecule has 0 saturated heterocycles. The van der Waals surface area contributed by atoms with Gasteiger partial charge in [-0.1, -0.05) is 0 Å². The van der Waals surface area contributed by atoms with Gasteiger partial charge >= 0.3 is 11.9 Å². The van der Waals surface area contributed by atoms with Crippen LogP contribution < -0.4 is 4.90 Å². The van der Waals surface area contributed by atoms with Crippen LogP contribution in [0.3, 0.4) is 0 Å². The van der Waals surface area contributed by atoms with Crippen molar-refractivity contribution < 1.29 is 19.1 Å². The molecule has 0 aliphatic heterocycles. The molecule has 1 aliphatic carbocycles. The first-order chi connectivity index (χ1) is 9.65. The summed E-state index contributed by atoms with van der Waals surface area (Å²) in [5.74, 6) is -0.383. The number of ether oxygens (including phenoxy) is 2. The molecule has 7 heteroatoms. The molecule has 1 aliphatic rings. The highest BCUT2D eigenvalue weighted by molar-refractivity contribution is 5.85. The number of carbonyl (C=O) groups is 2. The Kier molecular flexibility index (Phi) is 4.49. The molecule has 1 heterocycles. The monoisotopic (exact) mass is 279 g/mol. The maximum absolute atomic E-state index is 11.6. The second-order valence-electron chi connectivity index (χ2n) is 4.39. The molecule has 2 rings (SSSR count). The summed E-state index contributed by atoms with van der Waals surface area (Å²) >= 11 is 0. The van der Waals surface area contributed by atoms with Crippen LogP contribution in [-0.4, -0.2) is 48.2 Å². The molecule has 0 aromatic carbocycles. The molecule has 0 spiro atoms. The summed E-state index contributed by atoms with van der Waals surface area (Å²) in [7, 11) is 1.27. The van der Waals surface area contributed by atoms with Gasteiger partial charge in [0, 0.05) is 12.2 Å². The fraction of sp³-hybridized carbons (Fsp3) is 0.538. The minimum Gasteiger partial charge on any atom is -0.465 e. The largest absolute Gasteiger partial charge is 0.465 e. The Labute approximate surface area is 116 Å². The average Bonchev–Trinajstić information content (AvgIpc) is 3.29. The molecule has 1 aromatic heterocycles. The fourth-order valence-corrected chi connectivity index (χ4v) is 1.83. The summed E-state index contributed by atoms with van der Waals surface area (Å²) in [5.41, 5.74) is 0. The van der Waals surface area contributed by atoms with Crippen LogP contribution in [0.5, 0.6) is 0 Å². The molecule has 20 heavy (non-hydrogen) atoms. The van der Waals surface area contributed by atoms with Gasteiger partial charge in [0.25, 0.3) is 0 Å². The van der Waals surface area contributed by atoms with E-state index in [1.807, 2.05) is 4.90 Å². The van der Waals surface area contributed by atoms with Crippen LogP contribution in [0.25, 0.3) is 0 Å². The summed E-state index contributed by atoms with van der Waals surface area (Å²) in [5, 5.41) is 0. The predicted molar refractivity (Wildman–Crippen MR) is 70.4 cm³/mol. The molecule has 1 aromatic rings. The van der Waals surface area contributed by atoms with Crippen molar-refractivity contribution in [3.63, 3.8) is 0 Å². The highest BCUT2D eigenvalue weighted by Gasteiger charge is 2.32. The van der Waals surface area contributed by atoms with Crippen LogP contribution in [-0.2, 0) is 14.3 Å². The number of methoxy groups -OCH3 is 1. The van der Waals surface area contributed by atoms with Gasteiger partial charge in [-0.3, -0.25) is 4.79 Å². The van der Waals surface area contributed by atoms with Crippen molar-refractivity contribution in [1.29, 1.82) is 0 Å². The highest BCUT2D eigenvalue weighted by Crippen LogP contribution is 2.30. The van der Waals surface area contributed by atoms with Gasteiger partial charge in [-0.2, -0.15) is 0 Å². The van der Waals surface area contributed by atoms with Crippen LogP contribution in [0.15, 0.2) is 12.3 Å². The van der Waals surface area contributed by atoms with E-state index in [2.05, 4.69) is 14.7 Å². The van der Waals surface area contributed by atoms with Crippen molar-refractivity contribution in [2.24, 2.45) is 0 Å². The number of carbonyl (C=O) groups excluding carboxylic acids is 2. The lowest BCUT2D eigenvalue weighted by atomic mass is 10.4. The van der Waals surface area contributed by atoms with Crippen molar-refractivity contribution in [2.75, 3.05) is 25.2 Å². The average molecular weight is 279 g/mol. The van der Waals surface area contributed by atoms with Crippen molar-refractivity contribution in [3.05, 3.63) is 18.1 Å². The summed E-state index contributed by atoms with van der Waals surface area (Å²) in [4.78, 5) is 32.9. The van der Waals surface area contributed by atoms with E-state index in [0.29, 0.717) is 12.4 Å². The molecular weight excluding hydrogens is 262 g/mol.